The average molecular weight is 343 g/mol. The highest BCUT2D eigenvalue weighted by molar-refractivity contribution is 7.13. The number of esters is 1. The highest BCUT2D eigenvalue weighted by Gasteiger charge is 2.22. The number of carbonyl (C=O) groups is 2. The van der Waals surface area contributed by atoms with Crippen molar-refractivity contribution >= 4 is 28.9 Å². The maximum atomic E-state index is 13.5. The Kier molecular flexibility index (Phi) is 5.05. The quantitative estimate of drug-likeness (QED) is 0.681. The zero-order chi connectivity index (χ0) is 17.1. The molecule has 0 spiro atoms. The fourth-order valence-electron chi connectivity index (χ4n) is 1.67. The van der Waals surface area contributed by atoms with Gasteiger partial charge in [-0.25, -0.2) is 18.0 Å². The van der Waals surface area contributed by atoms with Crippen molar-refractivity contribution < 1.29 is 27.5 Å². The van der Waals surface area contributed by atoms with Gasteiger partial charge in [0.05, 0.1) is 5.69 Å². The lowest BCUT2D eigenvalue weighted by Gasteiger charge is -2.13. The van der Waals surface area contributed by atoms with Crippen LogP contribution in [-0.4, -0.2) is 18.0 Å². The molecule has 0 bridgehead atoms. The van der Waals surface area contributed by atoms with Gasteiger partial charge in [-0.05, 0) is 38.1 Å². The predicted molar refractivity (Wildman–Crippen MR) is 78.9 cm³/mol. The molecule has 122 valence electrons. The summed E-state index contributed by atoms with van der Waals surface area (Å²) in [5.41, 5.74) is -0.538. The molecule has 1 N–H and O–H groups in total. The Morgan fingerprint density at radius 3 is 2.43 bits per heavy atom. The fourth-order valence-corrected chi connectivity index (χ4v) is 2.42. The molecular weight excluding hydrogens is 331 g/mol. The molecule has 0 aliphatic carbocycles. The molecule has 8 heteroatoms. The summed E-state index contributed by atoms with van der Waals surface area (Å²) in [7, 11) is 0. The van der Waals surface area contributed by atoms with E-state index in [1.54, 1.807) is 12.1 Å². The van der Waals surface area contributed by atoms with E-state index in [0.717, 1.165) is 10.9 Å². The molecule has 23 heavy (non-hydrogen) atoms. The molecular formula is C15H12F3NO3S. The minimum atomic E-state index is -1.69. The fraction of sp³-hybridized carbons (Fsp3) is 0.200. The van der Waals surface area contributed by atoms with Crippen LogP contribution in [0.2, 0.25) is 0 Å². The molecule has 1 atom stereocenters. The Balaban J connectivity index is 2.03. The van der Waals surface area contributed by atoms with Crippen LogP contribution in [0.3, 0.4) is 0 Å². The second kappa shape index (κ2) is 6.82. The van der Waals surface area contributed by atoms with Gasteiger partial charge in [-0.1, -0.05) is 0 Å². The number of benzene rings is 1. The lowest BCUT2D eigenvalue weighted by atomic mass is 10.2. The van der Waals surface area contributed by atoms with Crippen LogP contribution < -0.4 is 5.32 Å². The molecule has 1 amide bonds. The number of halogens is 3. The lowest BCUT2D eigenvalue weighted by Crippen LogP contribution is -2.30. The molecule has 1 aromatic heterocycles. The molecule has 0 unspecified atom stereocenters. The first-order chi connectivity index (χ1) is 10.8. The van der Waals surface area contributed by atoms with Gasteiger partial charge in [0, 0.05) is 4.88 Å². The van der Waals surface area contributed by atoms with Crippen molar-refractivity contribution in [2.75, 3.05) is 5.32 Å². The minimum absolute atomic E-state index is 0.321. The minimum Gasteiger partial charge on any atom is -0.448 e. The Labute approximate surface area is 133 Å². The summed E-state index contributed by atoms with van der Waals surface area (Å²) >= 11 is 1.20. The lowest BCUT2D eigenvalue weighted by molar-refractivity contribution is -0.123. The van der Waals surface area contributed by atoms with Crippen LogP contribution in [-0.2, 0) is 9.53 Å². The first-order valence-corrected chi connectivity index (χ1v) is 7.33. The van der Waals surface area contributed by atoms with E-state index in [0.29, 0.717) is 10.9 Å². The van der Waals surface area contributed by atoms with E-state index in [1.807, 2.05) is 12.2 Å². The standard InChI is InChI=1S/C15H12F3NO3S/c1-7-3-6-11(23-7)15(21)22-8(2)14(20)19-10-5-4-9(16)12(17)13(10)18/h3-6,8H,1-2H3,(H,19,20)/t8-/m1/s1. The number of amides is 1. The van der Waals surface area contributed by atoms with Crippen LogP contribution in [0.1, 0.15) is 21.5 Å². The van der Waals surface area contributed by atoms with Crippen LogP contribution >= 0.6 is 11.3 Å². The number of rotatable bonds is 4. The van der Waals surface area contributed by atoms with Crippen molar-refractivity contribution in [3.63, 3.8) is 0 Å². The van der Waals surface area contributed by atoms with Crippen LogP contribution in [0.5, 0.6) is 0 Å². The largest absolute Gasteiger partial charge is 0.448 e. The van der Waals surface area contributed by atoms with E-state index < -0.39 is 41.1 Å². The van der Waals surface area contributed by atoms with Gasteiger partial charge in [-0.2, -0.15) is 0 Å². The molecule has 0 radical (unpaired) electrons. The van der Waals surface area contributed by atoms with Crippen molar-refractivity contribution in [2.24, 2.45) is 0 Å². The van der Waals surface area contributed by atoms with Crippen LogP contribution in [0.25, 0.3) is 0 Å². The molecule has 1 aromatic carbocycles. The van der Waals surface area contributed by atoms with Gasteiger partial charge in [0.15, 0.2) is 23.6 Å². The van der Waals surface area contributed by atoms with Gasteiger partial charge in [0.2, 0.25) is 0 Å². The summed E-state index contributed by atoms with van der Waals surface area (Å²) in [5, 5.41) is 2.05. The molecule has 0 saturated heterocycles. The number of hydrogen-bond acceptors (Lipinski definition) is 4. The molecule has 0 aliphatic rings. The molecule has 2 rings (SSSR count). The zero-order valence-corrected chi connectivity index (χ0v) is 13.0. The van der Waals surface area contributed by atoms with Crippen LogP contribution in [0.15, 0.2) is 24.3 Å². The number of nitrogens with one attached hydrogen (secondary N) is 1. The average Bonchev–Trinajstić information content (AvgIpc) is 2.94. The number of carbonyl (C=O) groups excluding carboxylic acids is 2. The molecule has 1 heterocycles. The SMILES string of the molecule is Cc1ccc(C(=O)O[C@H](C)C(=O)Nc2ccc(F)c(F)c2F)s1. The highest BCUT2D eigenvalue weighted by atomic mass is 32.1. The molecule has 0 aliphatic heterocycles. The summed E-state index contributed by atoms with van der Waals surface area (Å²) in [6.45, 7) is 3.09. The third-order valence-corrected chi connectivity index (χ3v) is 3.87. The highest BCUT2D eigenvalue weighted by Crippen LogP contribution is 2.20. The summed E-state index contributed by atoms with van der Waals surface area (Å²) < 4.78 is 44.3. The molecule has 4 nitrogen and oxygen atoms in total. The molecule has 0 fully saturated rings. The summed E-state index contributed by atoms with van der Waals surface area (Å²) in [6, 6.07) is 4.84. The maximum absolute atomic E-state index is 13.5. The Morgan fingerprint density at radius 1 is 1.13 bits per heavy atom. The van der Waals surface area contributed by atoms with Crippen molar-refractivity contribution in [1.29, 1.82) is 0 Å². The van der Waals surface area contributed by atoms with Gasteiger partial charge in [-0.3, -0.25) is 4.79 Å². The van der Waals surface area contributed by atoms with Crippen molar-refractivity contribution in [2.45, 2.75) is 20.0 Å². The van der Waals surface area contributed by atoms with E-state index in [2.05, 4.69) is 0 Å². The normalized spacial score (nSPS) is 11.9. The van der Waals surface area contributed by atoms with Crippen molar-refractivity contribution in [3.05, 3.63) is 51.5 Å². The number of ether oxygens (including phenoxy) is 1. The van der Waals surface area contributed by atoms with E-state index in [9.17, 15) is 22.8 Å². The Hall–Kier alpha value is -2.35. The third kappa shape index (κ3) is 3.89. The smallest absolute Gasteiger partial charge is 0.349 e. The summed E-state index contributed by atoms with van der Waals surface area (Å²) in [4.78, 5) is 24.9. The molecule has 0 saturated carbocycles. The van der Waals surface area contributed by atoms with Crippen LogP contribution in [0.4, 0.5) is 18.9 Å². The van der Waals surface area contributed by atoms with E-state index in [4.69, 9.17) is 4.74 Å². The van der Waals surface area contributed by atoms with Crippen molar-refractivity contribution in [1.82, 2.24) is 0 Å². The van der Waals surface area contributed by atoms with Gasteiger partial charge < -0.3 is 10.1 Å². The summed E-state index contributed by atoms with van der Waals surface area (Å²) in [5.74, 6) is -6.15. The van der Waals surface area contributed by atoms with Gasteiger partial charge in [0.1, 0.15) is 4.88 Å². The predicted octanol–water partition coefficient (Wildman–Crippen LogP) is 3.66. The van der Waals surface area contributed by atoms with E-state index >= 15 is 0 Å². The molecule has 2 aromatic rings. The van der Waals surface area contributed by atoms with Crippen molar-refractivity contribution in [3.8, 4) is 0 Å². The van der Waals surface area contributed by atoms with Gasteiger partial charge in [-0.15, -0.1) is 11.3 Å². The monoisotopic (exact) mass is 343 g/mol. The topological polar surface area (TPSA) is 55.4 Å². The third-order valence-electron chi connectivity index (χ3n) is 2.89. The Morgan fingerprint density at radius 2 is 1.83 bits per heavy atom. The van der Waals surface area contributed by atoms with E-state index in [1.165, 1.54) is 18.3 Å². The number of aryl methyl sites for hydroxylation is 1. The maximum Gasteiger partial charge on any atom is 0.349 e. The second-order valence-corrected chi connectivity index (χ2v) is 5.96. The second-order valence-electron chi connectivity index (χ2n) is 4.67. The zero-order valence-electron chi connectivity index (χ0n) is 12.2. The first kappa shape index (κ1) is 17.0. The number of anilines is 1. The van der Waals surface area contributed by atoms with E-state index in [-0.39, 0.29) is 0 Å². The number of thiophene rings is 1. The Bertz CT molecular complexity index is 760. The van der Waals surface area contributed by atoms with Gasteiger partial charge >= 0.3 is 5.97 Å². The summed E-state index contributed by atoms with van der Waals surface area (Å²) in [6.07, 6.45) is -1.24. The van der Waals surface area contributed by atoms with Crippen LogP contribution in [0, 0.1) is 24.4 Å². The number of hydrogen-bond donors (Lipinski definition) is 1. The first-order valence-electron chi connectivity index (χ1n) is 6.51. The van der Waals surface area contributed by atoms with Gasteiger partial charge in [0.25, 0.3) is 5.91 Å².